The molecule has 2 rings (SSSR count). The Bertz CT molecular complexity index is 854. The highest BCUT2D eigenvalue weighted by Gasteiger charge is 2.09. The lowest BCUT2D eigenvalue weighted by molar-refractivity contribution is 1.10. The molecule has 0 bridgehead atoms. The fourth-order valence-electron chi connectivity index (χ4n) is 2.92. The smallest absolute Gasteiger partial charge is 0.158 e. The van der Waals surface area contributed by atoms with Crippen LogP contribution < -0.4 is 16.0 Å². The highest BCUT2D eigenvalue weighted by atomic mass is 15.1. The number of aliphatic imine (C=N–C) groups is 3. The minimum absolute atomic E-state index is 0.659. The van der Waals surface area contributed by atoms with Crippen molar-refractivity contribution < 1.29 is 0 Å². The summed E-state index contributed by atoms with van der Waals surface area (Å²) in [6, 6.07) is 16.2. The first-order chi connectivity index (χ1) is 14.2. The summed E-state index contributed by atoms with van der Waals surface area (Å²) < 4.78 is 0. The Hall–Kier alpha value is -3.15. The Morgan fingerprint density at radius 2 is 1.31 bits per heavy atom. The van der Waals surface area contributed by atoms with Crippen LogP contribution in [0.1, 0.15) is 38.8 Å². The summed E-state index contributed by atoms with van der Waals surface area (Å²) in [5, 5.41) is 10.0. The van der Waals surface area contributed by atoms with E-state index < -0.39 is 0 Å². The van der Waals surface area contributed by atoms with Crippen LogP contribution in [0.4, 0.5) is 11.4 Å². The van der Waals surface area contributed by atoms with E-state index in [0.29, 0.717) is 18.9 Å². The summed E-state index contributed by atoms with van der Waals surface area (Å²) in [7, 11) is 0. The Balaban J connectivity index is 2.28. The lowest BCUT2D eigenvalue weighted by atomic mass is 10.1. The molecule has 0 spiro atoms. The second-order valence-electron chi connectivity index (χ2n) is 6.18. The molecule has 3 N–H and O–H groups in total. The topological polar surface area (TPSA) is 73.2 Å². The molecule has 0 radical (unpaired) electrons. The van der Waals surface area contributed by atoms with Crippen LogP contribution in [-0.2, 0) is 0 Å². The summed E-state index contributed by atoms with van der Waals surface area (Å²) in [6.07, 6.45) is 1.68. The molecule has 0 unspecified atom stereocenters. The van der Waals surface area contributed by atoms with Crippen molar-refractivity contribution in [2.24, 2.45) is 15.0 Å². The number of hydrogen-bond acceptors (Lipinski definition) is 4. The summed E-state index contributed by atoms with van der Waals surface area (Å²) in [4.78, 5) is 13.8. The van der Waals surface area contributed by atoms with Crippen molar-refractivity contribution in [2.75, 3.05) is 36.8 Å². The van der Waals surface area contributed by atoms with Gasteiger partial charge in [-0.05, 0) is 52.0 Å². The van der Waals surface area contributed by atoms with E-state index in [0.717, 1.165) is 41.4 Å². The second-order valence-corrected chi connectivity index (χ2v) is 6.18. The van der Waals surface area contributed by atoms with E-state index in [4.69, 9.17) is 0 Å². The maximum Gasteiger partial charge on any atom is 0.158 e. The fraction of sp³-hybridized carbons (Fsp3) is 0.348. The number of hydrogen-bond donors (Lipinski definition) is 3. The first kappa shape index (κ1) is 22.1. The van der Waals surface area contributed by atoms with Gasteiger partial charge in [0, 0.05) is 48.7 Å². The average molecular weight is 393 g/mol. The van der Waals surface area contributed by atoms with Gasteiger partial charge in [0.1, 0.15) is 5.84 Å². The van der Waals surface area contributed by atoms with Crippen LogP contribution in [0.2, 0.25) is 0 Å². The van der Waals surface area contributed by atoms with Crippen molar-refractivity contribution in [3.05, 3.63) is 59.7 Å². The number of nitrogens with one attached hydrogen (secondary N) is 3. The molecule has 6 heteroatoms. The van der Waals surface area contributed by atoms with Gasteiger partial charge in [0.25, 0.3) is 0 Å². The molecule has 2 aromatic carbocycles. The van der Waals surface area contributed by atoms with Crippen LogP contribution >= 0.6 is 0 Å². The van der Waals surface area contributed by atoms with Gasteiger partial charge < -0.3 is 16.0 Å². The van der Waals surface area contributed by atoms with Gasteiger partial charge in [0.2, 0.25) is 0 Å². The van der Waals surface area contributed by atoms with Gasteiger partial charge in [-0.25, -0.2) is 4.99 Å². The van der Waals surface area contributed by atoms with Crippen LogP contribution in [-0.4, -0.2) is 44.2 Å². The lowest BCUT2D eigenvalue weighted by Crippen LogP contribution is -2.25. The van der Waals surface area contributed by atoms with E-state index in [1.807, 2.05) is 50.2 Å². The molecule has 154 valence electrons. The number of amidine groups is 2. The molecular formula is C23H32N6. The number of para-hydroxylation sites is 2. The molecule has 0 saturated heterocycles. The predicted octanol–water partition coefficient (Wildman–Crippen LogP) is 4.40. The summed E-state index contributed by atoms with van der Waals surface area (Å²) in [5.41, 5.74) is 4.07. The first-order valence-corrected chi connectivity index (χ1v) is 10.3. The second kappa shape index (κ2) is 12.3. The zero-order valence-corrected chi connectivity index (χ0v) is 17.9. The summed E-state index contributed by atoms with van der Waals surface area (Å²) >= 11 is 0. The standard InChI is InChI=1S/C23H32N6/c1-5-24-20-15-11-9-13-18(20)22(26-7-3)28-17-29-23(27-8-4)19-14-10-12-16-21(19)25-6-2/h9-17,24-25H,5-8H2,1-4H3,(H,26,27,28,29). The van der Waals surface area contributed by atoms with Gasteiger partial charge in [-0.2, -0.15) is 0 Å². The SMILES string of the molecule is CCN=C(N=CNC(=NCC)c1ccccc1NCC)c1ccccc1NCC. The van der Waals surface area contributed by atoms with Crippen LogP contribution in [0.15, 0.2) is 63.5 Å². The Morgan fingerprint density at radius 3 is 1.90 bits per heavy atom. The highest BCUT2D eigenvalue weighted by Crippen LogP contribution is 2.17. The van der Waals surface area contributed by atoms with Crippen molar-refractivity contribution in [2.45, 2.75) is 27.7 Å². The third-order valence-electron chi connectivity index (χ3n) is 4.10. The van der Waals surface area contributed by atoms with Crippen LogP contribution in [0, 0.1) is 0 Å². The van der Waals surface area contributed by atoms with Gasteiger partial charge in [0.15, 0.2) is 5.84 Å². The van der Waals surface area contributed by atoms with Crippen molar-refractivity contribution >= 4 is 29.4 Å². The van der Waals surface area contributed by atoms with E-state index >= 15 is 0 Å². The molecule has 2 aromatic rings. The Labute approximate surface area is 174 Å². The van der Waals surface area contributed by atoms with Crippen molar-refractivity contribution in [1.82, 2.24) is 5.32 Å². The Kier molecular flexibility index (Phi) is 9.42. The van der Waals surface area contributed by atoms with Crippen molar-refractivity contribution in [3.8, 4) is 0 Å². The van der Waals surface area contributed by atoms with E-state index in [9.17, 15) is 0 Å². The molecule has 0 saturated carbocycles. The van der Waals surface area contributed by atoms with Gasteiger partial charge in [0.05, 0.1) is 6.34 Å². The minimum atomic E-state index is 0.659. The molecule has 0 amide bonds. The maximum atomic E-state index is 4.62. The largest absolute Gasteiger partial charge is 0.385 e. The van der Waals surface area contributed by atoms with Crippen LogP contribution in [0.25, 0.3) is 0 Å². The molecule has 0 heterocycles. The third-order valence-corrected chi connectivity index (χ3v) is 4.10. The van der Waals surface area contributed by atoms with E-state index in [1.165, 1.54) is 0 Å². The predicted molar refractivity (Wildman–Crippen MR) is 127 cm³/mol. The number of nitrogens with zero attached hydrogens (tertiary/aromatic N) is 3. The number of rotatable bonds is 9. The Morgan fingerprint density at radius 1 is 0.759 bits per heavy atom. The monoisotopic (exact) mass is 392 g/mol. The minimum Gasteiger partial charge on any atom is -0.385 e. The van der Waals surface area contributed by atoms with Gasteiger partial charge in [-0.3, -0.25) is 9.98 Å². The summed E-state index contributed by atoms with van der Waals surface area (Å²) in [6.45, 7) is 11.2. The first-order valence-electron chi connectivity index (χ1n) is 10.3. The molecule has 0 aromatic heterocycles. The fourth-order valence-corrected chi connectivity index (χ4v) is 2.92. The van der Waals surface area contributed by atoms with Gasteiger partial charge in [-0.15, -0.1) is 0 Å². The summed E-state index contributed by atoms with van der Waals surface area (Å²) in [5.74, 6) is 1.47. The van der Waals surface area contributed by atoms with Gasteiger partial charge >= 0.3 is 0 Å². The van der Waals surface area contributed by atoms with Crippen LogP contribution in [0.5, 0.6) is 0 Å². The molecule has 6 nitrogen and oxygen atoms in total. The van der Waals surface area contributed by atoms with Gasteiger partial charge in [-0.1, -0.05) is 24.3 Å². The maximum absolute atomic E-state index is 4.62. The van der Waals surface area contributed by atoms with E-state index in [-0.39, 0.29) is 0 Å². The van der Waals surface area contributed by atoms with Crippen molar-refractivity contribution in [1.29, 1.82) is 0 Å². The average Bonchev–Trinajstić information content (AvgIpc) is 2.74. The molecule has 0 fully saturated rings. The van der Waals surface area contributed by atoms with E-state index in [1.54, 1.807) is 6.34 Å². The van der Waals surface area contributed by atoms with Crippen molar-refractivity contribution in [3.63, 3.8) is 0 Å². The third kappa shape index (κ3) is 6.45. The highest BCUT2D eigenvalue weighted by molar-refractivity contribution is 6.11. The zero-order valence-electron chi connectivity index (χ0n) is 17.9. The molecule has 0 aliphatic rings. The molecule has 29 heavy (non-hydrogen) atoms. The molecule has 0 aliphatic carbocycles. The number of benzene rings is 2. The number of anilines is 2. The lowest BCUT2D eigenvalue weighted by Gasteiger charge is -2.13. The quantitative estimate of drug-likeness (QED) is 0.437. The molecular weight excluding hydrogens is 360 g/mol. The van der Waals surface area contributed by atoms with E-state index in [2.05, 4.69) is 56.9 Å². The molecule has 0 aliphatic heterocycles. The molecule has 0 atom stereocenters. The zero-order chi connectivity index (χ0) is 20.9. The normalized spacial score (nSPS) is 12.3. The van der Waals surface area contributed by atoms with Crippen LogP contribution in [0.3, 0.4) is 0 Å².